The Morgan fingerprint density at radius 3 is 2.41 bits per heavy atom. The number of nitrogens with two attached hydrogens (primary N) is 1. The minimum absolute atomic E-state index is 0.126. The number of fused-ring (bicyclic) bond motifs is 1. The summed E-state index contributed by atoms with van der Waals surface area (Å²) >= 11 is 0. The third kappa shape index (κ3) is 3.51. The number of aromatic nitrogens is 2. The first-order valence-electron chi connectivity index (χ1n) is 9.04. The molecular formula is C23H23N3O. The van der Waals surface area contributed by atoms with E-state index in [9.17, 15) is 0 Å². The Labute approximate surface area is 159 Å². The quantitative estimate of drug-likeness (QED) is 0.570. The van der Waals surface area contributed by atoms with E-state index in [4.69, 9.17) is 10.5 Å². The molecule has 4 rings (SSSR count). The van der Waals surface area contributed by atoms with Crippen LogP contribution < -0.4 is 10.5 Å². The molecule has 4 heteroatoms. The molecule has 0 saturated heterocycles. The molecule has 2 N–H and O–H groups in total. The molecule has 136 valence electrons. The van der Waals surface area contributed by atoms with Gasteiger partial charge in [0, 0.05) is 19.2 Å². The fraction of sp³-hybridized carbons (Fsp3) is 0.174. The summed E-state index contributed by atoms with van der Waals surface area (Å²) in [7, 11) is 3.61. The molecule has 4 nitrogen and oxygen atoms in total. The number of ether oxygens (including phenoxy) is 1. The average molecular weight is 357 g/mol. The van der Waals surface area contributed by atoms with E-state index >= 15 is 0 Å². The maximum absolute atomic E-state index is 6.00. The Balaban J connectivity index is 1.73. The minimum Gasteiger partial charge on any atom is -0.497 e. The van der Waals surface area contributed by atoms with E-state index in [1.807, 2.05) is 29.9 Å². The first kappa shape index (κ1) is 17.2. The van der Waals surface area contributed by atoms with Crippen LogP contribution in [0.4, 0.5) is 5.95 Å². The predicted molar refractivity (Wildman–Crippen MR) is 110 cm³/mol. The van der Waals surface area contributed by atoms with E-state index in [1.165, 1.54) is 21.9 Å². The van der Waals surface area contributed by atoms with Crippen LogP contribution in [0.3, 0.4) is 0 Å². The summed E-state index contributed by atoms with van der Waals surface area (Å²) in [6, 6.07) is 23.3. The van der Waals surface area contributed by atoms with E-state index in [1.54, 1.807) is 7.11 Å². The summed E-state index contributed by atoms with van der Waals surface area (Å²) in [5.74, 6) is 1.51. The van der Waals surface area contributed by atoms with Crippen molar-refractivity contribution in [1.82, 2.24) is 9.55 Å². The van der Waals surface area contributed by atoms with Gasteiger partial charge in [0.25, 0.3) is 0 Å². The maximum atomic E-state index is 6.00. The summed E-state index contributed by atoms with van der Waals surface area (Å²) in [4.78, 5) is 4.60. The standard InChI is InChI=1S/C23H23N3O/c1-26-15-22(25-23(26)24)21(18-9-11-20(27-2)12-10-18)14-16-7-8-17-5-3-4-6-19(17)13-16/h3-13,15,21H,14H2,1-2H3,(H2,24,25). The second-order valence-corrected chi connectivity index (χ2v) is 6.85. The molecule has 0 spiro atoms. The van der Waals surface area contributed by atoms with Crippen molar-refractivity contribution in [3.8, 4) is 5.75 Å². The van der Waals surface area contributed by atoms with E-state index < -0.39 is 0 Å². The number of methoxy groups -OCH3 is 1. The summed E-state index contributed by atoms with van der Waals surface area (Å²) in [6.45, 7) is 0. The highest BCUT2D eigenvalue weighted by atomic mass is 16.5. The fourth-order valence-corrected chi connectivity index (χ4v) is 3.50. The van der Waals surface area contributed by atoms with Crippen LogP contribution in [0.2, 0.25) is 0 Å². The van der Waals surface area contributed by atoms with Crippen LogP contribution in [0, 0.1) is 0 Å². The van der Waals surface area contributed by atoms with Crippen LogP contribution in [0.25, 0.3) is 10.8 Å². The highest BCUT2D eigenvalue weighted by Crippen LogP contribution is 2.30. The van der Waals surface area contributed by atoms with Gasteiger partial charge in [-0.15, -0.1) is 0 Å². The number of benzene rings is 3. The zero-order valence-corrected chi connectivity index (χ0v) is 15.6. The average Bonchev–Trinajstić information content (AvgIpc) is 3.04. The molecule has 0 bridgehead atoms. The SMILES string of the molecule is COc1ccc(C(Cc2ccc3ccccc3c2)c2cn(C)c(N)n2)cc1. The fourth-order valence-electron chi connectivity index (χ4n) is 3.50. The molecule has 4 aromatic rings. The first-order chi connectivity index (χ1) is 13.1. The van der Waals surface area contributed by atoms with Gasteiger partial charge in [-0.3, -0.25) is 0 Å². The molecule has 3 aromatic carbocycles. The molecule has 0 saturated carbocycles. The number of imidazole rings is 1. The molecule has 1 aromatic heterocycles. The normalized spacial score (nSPS) is 12.2. The monoisotopic (exact) mass is 357 g/mol. The molecule has 27 heavy (non-hydrogen) atoms. The number of aryl methyl sites for hydroxylation is 1. The lowest BCUT2D eigenvalue weighted by molar-refractivity contribution is 0.414. The van der Waals surface area contributed by atoms with Crippen molar-refractivity contribution in [1.29, 1.82) is 0 Å². The molecule has 0 radical (unpaired) electrons. The summed E-state index contributed by atoms with van der Waals surface area (Å²) in [6.07, 6.45) is 2.87. The van der Waals surface area contributed by atoms with Gasteiger partial charge >= 0.3 is 0 Å². The van der Waals surface area contributed by atoms with E-state index in [2.05, 4.69) is 59.6 Å². The second kappa shape index (κ2) is 7.16. The lowest BCUT2D eigenvalue weighted by atomic mass is 9.89. The Morgan fingerprint density at radius 1 is 1.00 bits per heavy atom. The Morgan fingerprint density at radius 2 is 1.74 bits per heavy atom. The van der Waals surface area contributed by atoms with Gasteiger partial charge in [0.2, 0.25) is 0 Å². The molecule has 1 heterocycles. The molecule has 0 amide bonds. The first-order valence-corrected chi connectivity index (χ1v) is 9.04. The van der Waals surface area contributed by atoms with E-state index in [0.717, 1.165) is 17.9 Å². The Hall–Kier alpha value is -3.27. The Kier molecular flexibility index (Phi) is 4.55. The van der Waals surface area contributed by atoms with Crippen molar-refractivity contribution in [3.63, 3.8) is 0 Å². The molecule has 1 unspecified atom stereocenters. The van der Waals surface area contributed by atoms with Crippen LogP contribution in [-0.2, 0) is 13.5 Å². The van der Waals surface area contributed by atoms with Crippen LogP contribution in [-0.4, -0.2) is 16.7 Å². The van der Waals surface area contributed by atoms with Gasteiger partial charge in [0.15, 0.2) is 5.95 Å². The highest BCUT2D eigenvalue weighted by Gasteiger charge is 2.19. The van der Waals surface area contributed by atoms with Gasteiger partial charge in [-0.2, -0.15) is 0 Å². The number of hydrogen-bond acceptors (Lipinski definition) is 3. The number of nitrogen functional groups attached to an aromatic ring is 1. The van der Waals surface area contributed by atoms with Gasteiger partial charge < -0.3 is 15.0 Å². The van der Waals surface area contributed by atoms with Crippen molar-refractivity contribution in [3.05, 3.63) is 89.7 Å². The van der Waals surface area contributed by atoms with E-state index in [-0.39, 0.29) is 5.92 Å². The van der Waals surface area contributed by atoms with E-state index in [0.29, 0.717) is 5.95 Å². The molecule has 0 aliphatic rings. The number of hydrogen-bond donors (Lipinski definition) is 1. The lowest BCUT2D eigenvalue weighted by Crippen LogP contribution is -2.06. The third-order valence-corrected chi connectivity index (χ3v) is 5.06. The lowest BCUT2D eigenvalue weighted by Gasteiger charge is -2.16. The van der Waals surface area contributed by atoms with Crippen LogP contribution in [0.1, 0.15) is 22.7 Å². The highest BCUT2D eigenvalue weighted by molar-refractivity contribution is 5.83. The third-order valence-electron chi connectivity index (χ3n) is 5.06. The number of anilines is 1. The van der Waals surface area contributed by atoms with Gasteiger partial charge in [0.05, 0.1) is 12.8 Å². The van der Waals surface area contributed by atoms with Gasteiger partial charge in [-0.1, -0.05) is 54.6 Å². The topological polar surface area (TPSA) is 53.1 Å². The molecule has 0 aliphatic carbocycles. The number of rotatable bonds is 5. The maximum Gasteiger partial charge on any atom is 0.200 e. The van der Waals surface area contributed by atoms with Crippen LogP contribution in [0.5, 0.6) is 5.75 Å². The van der Waals surface area contributed by atoms with Crippen LogP contribution >= 0.6 is 0 Å². The van der Waals surface area contributed by atoms with Crippen molar-refractivity contribution < 1.29 is 4.74 Å². The van der Waals surface area contributed by atoms with Crippen molar-refractivity contribution in [2.24, 2.45) is 7.05 Å². The minimum atomic E-state index is 0.126. The molecule has 1 atom stereocenters. The van der Waals surface area contributed by atoms with Crippen molar-refractivity contribution >= 4 is 16.7 Å². The molecule has 0 aliphatic heterocycles. The predicted octanol–water partition coefficient (Wildman–Crippen LogP) is 4.54. The van der Waals surface area contributed by atoms with Crippen molar-refractivity contribution in [2.45, 2.75) is 12.3 Å². The van der Waals surface area contributed by atoms with Crippen molar-refractivity contribution in [2.75, 3.05) is 12.8 Å². The Bertz CT molecular complexity index is 1050. The number of nitrogens with zero attached hydrogens (tertiary/aromatic N) is 2. The zero-order valence-electron chi connectivity index (χ0n) is 15.6. The smallest absolute Gasteiger partial charge is 0.200 e. The van der Waals surface area contributed by atoms with Gasteiger partial charge in [0.1, 0.15) is 5.75 Å². The van der Waals surface area contributed by atoms with Crippen LogP contribution in [0.15, 0.2) is 72.9 Å². The largest absolute Gasteiger partial charge is 0.497 e. The second-order valence-electron chi connectivity index (χ2n) is 6.85. The van der Waals surface area contributed by atoms with Gasteiger partial charge in [-0.25, -0.2) is 4.98 Å². The molecule has 0 fully saturated rings. The zero-order chi connectivity index (χ0) is 18.8. The summed E-state index contributed by atoms with van der Waals surface area (Å²) < 4.78 is 7.17. The summed E-state index contributed by atoms with van der Waals surface area (Å²) in [5, 5.41) is 2.51. The molecular weight excluding hydrogens is 334 g/mol. The summed E-state index contributed by atoms with van der Waals surface area (Å²) in [5.41, 5.74) is 9.45. The van der Waals surface area contributed by atoms with Gasteiger partial charge in [-0.05, 0) is 40.5 Å².